The van der Waals surface area contributed by atoms with Gasteiger partial charge in [-0.2, -0.15) is 0 Å². The summed E-state index contributed by atoms with van der Waals surface area (Å²) < 4.78 is 11.2. The van der Waals surface area contributed by atoms with Crippen LogP contribution < -0.4 is 10.1 Å². The lowest BCUT2D eigenvalue weighted by Crippen LogP contribution is -2.19. The van der Waals surface area contributed by atoms with Crippen LogP contribution in [0.15, 0.2) is 24.5 Å². The Morgan fingerprint density at radius 2 is 2.35 bits per heavy atom. The van der Waals surface area contributed by atoms with E-state index in [0.717, 1.165) is 59.5 Å². The smallest absolute Gasteiger partial charge is 0.153 e. The minimum absolute atomic E-state index is 0.272. The topological polar surface area (TPSA) is 72.1 Å². The number of rotatable bonds is 5. The van der Waals surface area contributed by atoms with E-state index in [9.17, 15) is 0 Å². The maximum absolute atomic E-state index is 5.66. The number of hydrogen-bond donors (Lipinski definition) is 2. The largest absolute Gasteiger partial charge is 0.494 e. The van der Waals surface area contributed by atoms with Crippen molar-refractivity contribution in [2.24, 2.45) is 0 Å². The second kappa shape index (κ2) is 6.04. The molecule has 6 heteroatoms. The van der Waals surface area contributed by atoms with Crippen LogP contribution in [-0.2, 0) is 4.74 Å². The summed E-state index contributed by atoms with van der Waals surface area (Å²) in [5.41, 5.74) is 2.87. The summed E-state index contributed by atoms with van der Waals surface area (Å²) in [4.78, 5) is 12.2. The summed E-state index contributed by atoms with van der Waals surface area (Å²) >= 11 is 0. The molecule has 1 aliphatic heterocycles. The highest BCUT2D eigenvalue weighted by atomic mass is 16.5. The SMILES string of the molecule is CCOc1ccc2[nH]c3c(NC[C@@H]4CCCO4)ncnc3c2c1. The lowest BCUT2D eigenvalue weighted by atomic mass is 10.2. The second-order valence-electron chi connectivity index (χ2n) is 5.73. The first-order chi connectivity index (χ1) is 11.3. The van der Waals surface area contributed by atoms with Crippen molar-refractivity contribution >= 4 is 27.8 Å². The number of hydrogen-bond acceptors (Lipinski definition) is 5. The summed E-state index contributed by atoms with van der Waals surface area (Å²) in [6, 6.07) is 6.01. The predicted molar refractivity (Wildman–Crippen MR) is 90.0 cm³/mol. The van der Waals surface area contributed by atoms with E-state index in [2.05, 4.69) is 20.3 Å². The number of aromatic nitrogens is 3. The molecule has 23 heavy (non-hydrogen) atoms. The molecule has 120 valence electrons. The highest BCUT2D eigenvalue weighted by Gasteiger charge is 2.17. The van der Waals surface area contributed by atoms with Crippen molar-refractivity contribution in [2.75, 3.05) is 25.1 Å². The van der Waals surface area contributed by atoms with Crippen LogP contribution in [-0.4, -0.2) is 40.8 Å². The van der Waals surface area contributed by atoms with Gasteiger partial charge in [0.25, 0.3) is 0 Å². The Labute approximate surface area is 134 Å². The van der Waals surface area contributed by atoms with Crippen LogP contribution in [0.5, 0.6) is 5.75 Å². The highest BCUT2D eigenvalue weighted by Crippen LogP contribution is 2.30. The third kappa shape index (κ3) is 2.70. The molecule has 4 rings (SSSR count). The van der Waals surface area contributed by atoms with Gasteiger partial charge >= 0.3 is 0 Å². The Kier molecular flexibility index (Phi) is 3.75. The van der Waals surface area contributed by atoms with Crippen molar-refractivity contribution in [2.45, 2.75) is 25.9 Å². The number of ether oxygens (including phenoxy) is 2. The van der Waals surface area contributed by atoms with E-state index in [1.165, 1.54) is 0 Å². The van der Waals surface area contributed by atoms with Crippen LogP contribution in [0.3, 0.4) is 0 Å². The molecule has 1 fully saturated rings. The predicted octanol–water partition coefficient (Wildman–Crippen LogP) is 3.10. The van der Waals surface area contributed by atoms with Gasteiger partial charge in [-0.05, 0) is 38.0 Å². The molecule has 2 N–H and O–H groups in total. The average Bonchev–Trinajstić information content (AvgIpc) is 3.20. The van der Waals surface area contributed by atoms with Gasteiger partial charge in [0.2, 0.25) is 0 Å². The summed E-state index contributed by atoms with van der Waals surface area (Å²) in [5, 5.41) is 4.44. The summed E-state index contributed by atoms with van der Waals surface area (Å²) in [6.45, 7) is 4.26. The van der Waals surface area contributed by atoms with Gasteiger partial charge in [-0.15, -0.1) is 0 Å². The van der Waals surface area contributed by atoms with Crippen LogP contribution in [0.1, 0.15) is 19.8 Å². The maximum atomic E-state index is 5.66. The summed E-state index contributed by atoms with van der Waals surface area (Å²) in [7, 11) is 0. The molecule has 0 amide bonds. The first kappa shape index (κ1) is 14.3. The molecule has 1 saturated heterocycles. The van der Waals surface area contributed by atoms with Gasteiger partial charge in [0.1, 0.15) is 23.1 Å². The van der Waals surface area contributed by atoms with E-state index in [4.69, 9.17) is 9.47 Å². The van der Waals surface area contributed by atoms with Gasteiger partial charge in [-0.25, -0.2) is 9.97 Å². The number of fused-ring (bicyclic) bond motifs is 3. The Bertz CT molecular complexity index is 824. The molecular weight excluding hydrogens is 292 g/mol. The van der Waals surface area contributed by atoms with Crippen molar-refractivity contribution in [1.82, 2.24) is 15.0 Å². The third-order valence-corrected chi connectivity index (χ3v) is 4.19. The normalized spacial score (nSPS) is 17.9. The van der Waals surface area contributed by atoms with E-state index in [0.29, 0.717) is 6.61 Å². The fourth-order valence-electron chi connectivity index (χ4n) is 3.08. The van der Waals surface area contributed by atoms with Gasteiger partial charge in [0.05, 0.1) is 12.7 Å². The maximum Gasteiger partial charge on any atom is 0.153 e. The molecule has 3 aromatic rings. The van der Waals surface area contributed by atoms with Crippen LogP contribution in [0.4, 0.5) is 5.82 Å². The van der Waals surface area contributed by atoms with Crippen LogP contribution in [0.2, 0.25) is 0 Å². The summed E-state index contributed by atoms with van der Waals surface area (Å²) in [6.07, 6.45) is 4.11. The zero-order chi connectivity index (χ0) is 15.6. The lowest BCUT2D eigenvalue weighted by Gasteiger charge is -2.11. The molecule has 0 radical (unpaired) electrons. The molecule has 1 atom stereocenters. The molecular formula is C17H20N4O2. The first-order valence-corrected chi connectivity index (χ1v) is 8.10. The Morgan fingerprint density at radius 3 is 3.17 bits per heavy atom. The summed E-state index contributed by atoms with van der Waals surface area (Å²) in [5.74, 6) is 1.67. The Morgan fingerprint density at radius 1 is 1.39 bits per heavy atom. The fourth-order valence-corrected chi connectivity index (χ4v) is 3.08. The van der Waals surface area contributed by atoms with E-state index in [1.807, 2.05) is 25.1 Å². The zero-order valence-corrected chi connectivity index (χ0v) is 13.1. The van der Waals surface area contributed by atoms with Crippen molar-refractivity contribution < 1.29 is 9.47 Å². The number of benzene rings is 1. The third-order valence-electron chi connectivity index (χ3n) is 4.19. The minimum Gasteiger partial charge on any atom is -0.494 e. The molecule has 0 aliphatic carbocycles. The number of nitrogens with zero attached hydrogens (tertiary/aromatic N) is 2. The van der Waals surface area contributed by atoms with Gasteiger partial charge in [0.15, 0.2) is 5.82 Å². The molecule has 0 unspecified atom stereocenters. The van der Waals surface area contributed by atoms with Crippen LogP contribution in [0, 0.1) is 0 Å². The first-order valence-electron chi connectivity index (χ1n) is 8.10. The Balaban J connectivity index is 1.69. The van der Waals surface area contributed by atoms with Crippen LogP contribution >= 0.6 is 0 Å². The zero-order valence-electron chi connectivity index (χ0n) is 13.1. The van der Waals surface area contributed by atoms with Gasteiger partial charge in [-0.1, -0.05) is 0 Å². The second-order valence-corrected chi connectivity index (χ2v) is 5.73. The van der Waals surface area contributed by atoms with E-state index in [-0.39, 0.29) is 6.10 Å². The monoisotopic (exact) mass is 312 g/mol. The average molecular weight is 312 g/mol. The number of anilines is 1. The standard InChI is InChI=1S/C17H20N4O2/c1-2-22-11-5-6-14-13(8-11)15-16(21-14)17(20-10-19-15)18-9-12-4-3-7-23-12/h5-6,8,10,12,21H,2-4,7,9H2,1H3,(H,18,19,20)/t12-/m0/s1. The van der Waals surface area contributed by atoms with Crippen LogP contribution in [0.25, 0.3) is 21.9 Å². The molecule has 0 bridgehead atoms. The number of aromatic amines is 1. The molecule has 2 aromatic heterocycles. The minimum atomic E-state index is 0.272. The van der Waals surface area contributed by atoms with Gasteiger partial charge in [-0.3, -0.25) is 0 Å². The van der Waals surface area contributed by atoms with Gasteiger partial charge in [0, 0.05) is 24.1 Å². The quantitative estimate of drug-likeness (QED) is 0.757. The number of nitrogens with one attached hydrogen (secondary N) is 2. The van der Waals surface area contributed by atoms with E-state index < -0.39 is 0 Å². The van der Waals surface area contributed by atoms with Crippen molar-refractivity contribution in [3.63, 3.8) is 0 Å². The van der Waals surface area contributed by atoms with Crippen molar-refractivity contribution in [1.29, 1.82) is 0 Å². The van der Waals surface area contributed by atoms with Crippen molar-refractivity contribution in [3.8, 4) is 5.75 Å². The molecule has 3 heterocycles. The van der Waals surface area contributed by atoms with Gasteiger partial charge < -0.3 is 19.8 Å². The number of H-pyrrole nitrogens is 1. The lowest BCUT2D eigenvalue weighted by molar-refractivity contribution is 0.120. The Hall–Kier alpha value is -2.34. The highest BCUT2D eigenvalue weighted by molar-refractivity contribution is 6.08. The molecule has 0 spiro atoms. The van der Waals surface area contributed by atoms with E-state index >= 15 is 0 Å². The molecule has 1 aliphatic rings. The fraction of sp³-hybridized carbons (Fsp3) is 0.412. The van der Waals surface area contributed by atoms with Crippen molar-refractivity contribution in [3.05, 3.63) is 24.5 Å². The van der Waals surface area contributed by atoms with E-state index in [1.54, 1.807) is 6.33 Å². The molecule has 6 nitrogen and oxygen atoms in total. The molecule has 0 saturated carbocycles. The molecule has 1 aromatic carbocycles.